The summed E-state index contributed by atoms with van der Waals surface area (Å²) >= 11 is 0. The van der Waals surface area contributed by atoms with Gasteiger partial charge in [0.1, 0.15) is 5.82 Å². The maximum atomic E-state index is 12.5. The second-order valence-corrected chi connectivity index (χ2v) is 7.33. The Labute approximate surface area is 124 Å². The van der Waals surface area contributed by atoms with E-state index in [4.69, 9.17) is 5.84 Å². The molecule has 0 aromatic carbocycles. The van der Waals surface area contributed by atoms with Gasteiger partial charge in [0.15, 0.2) is 9.84 Å². The highest BCUT2D eigenvalue weighted by Gasteiger charge is 2.23. The Morgan fingerprint density at radius 3 is 2.81 bits per heavy atom. The summed E-state index contributed by atoms with van der Waals surface area (Å²) in [7, 11) is -3.03. The van der Waals surface area contributed by atoms with Gasteiger partial charge in [0.05, 0.1) is 11.5 Å². The average Bonchev–Trinajstić information content (AvgIpc) is 2.66. The molecule has 0 bridgehead atoms. The summed E-state index contributed by atoms with van der Waals surface area (Å²) in [6.07, 6.45) is 1.16. The molecule has 116 valence electrons. The molecule has 3 N–H and O–H groups in total. The molecular weight excluding hydrogens is 292 g/mol. The number of carbonyl (C=O) groups is 1. The van der Waals surface area contributed by atoms with Crippen LogP contribution in [0.1, 0.15) is 29.4 Å². The summed E-state index contributed by atoms with van der Waals surface area (Å²) in [4.78, 5) is 18.4. The lowest BCUT2D eigenvalue weighted by Gasteiger charge is -2.20. The third-order valence-corrected chi connectivity index (χ3v) is 5.19. The van der Waals surface area contributed by atoms with Gasteiger partial charge in [-0.2, -0.15) is 0 Å². The molecule has 2 heterocycles. The summed E-state index contributed by atoms with van der Waals surface area (Å²) in [5.41, 5.74) is 3.69. The first-order valence-corrected chi connectivity index (χ1v) is 8.74. The van der Waals surface area contributed by atoms with E-state index in [-0.39, 0.29) is 24.0 Å². The largest absolute Gasteiger partial charge is 0.338 e. The number of sulfone groups is 1. The first-order chi connectivity index (χ1) is 9.95. The molecule has 8 heteroatoms. The first-order valence-electron chi connectivity index (χ1n) is 6.92. The van der Waals surface area contributed by atoms with Gasteiger partial charge in [-0.1, -0.05) is 6.92 Å². The minimum Gasteiger partial charge on any atom is -0.338 e. The molecule has 1 fully saturated rings. The van der Waals surface area contributed by atoms with Crippen LogP contribution in [0.15, 0.2) is 12.1 Å². The van der Waals surface area contributed by atoms with Crippen molar-refractivity contribution >= 4 is 21.6 Å². The second-order valence-electron chi connectivity index (χ2n) is 5.03. The fraction of sp³-hybridized carbons (Fsp3) is 0.538. The highest BCUT2D eigenvalue weighted by atomic mass is 32.2. The van der Waals surface area contributed by atoms with Gasteiger partial charge in [-0.25, -0.2) is 19.2 Å². The number of nitrogens with two attached hydrogens (primary N) is 1. The molecule has 0 unspecified atom stereocenters. The number of rotatable bonds is 3. The van der Waals surface area contributed by atoms with Gasteiger partial charge in [0.25, 0.3) is 5.91 Å². The van der Waals surface area contributed by atoms with Gasteiger partial charge >= 0.3 is 0 Å². The summed E-state index contributed by atoms with van der Waals surface area (Å²) in [5, 5.41) is 0. The zero-order valence-corrected chi connectivity index (χ0v) is 12.8. The molecule has 1 amide bonds. The first kappa shape index (κ1) is 15.7. The van der Waals surface area contributed by atoms with E-state index in [0.717, 1.165) is 5.69 Å². The predicted octanol–water partition coefficient (Wildman–Crippen LogP) is 0.190. The molecule has 1 aromatic heterocycles. The molecule has 21 heavy (non-hydrogen) atoms. The Morgan fingerprint density at radius 1 is 1.38 bits per heavy atom. The molecule has 1 saturated heterocycles. The van der Waals surface area contributed by atoms with Gasteiger partial charge in [-0.3, -0.25) is 4.79 Å². The summed E-state index contributed by atoms with van der Waals surface area (Å²) in [6, 6.07) is 3.31. The molecule has 1 aromatic rings. The van der Waals surface area contributed by atoms with Crippen LogP contribution in [-0.2, 0) is 16.3 Å². The van der Waals surface area contributed by atoms with E-state index >= 15 is 0 Å². The van der Waals surface area contributed by atoms with Gasteiger partial charge in [0.2, 0.25) is 0 Å². The van der Waals surface area contributed by atoms with E-state index in [1.807, 2.05) is 6.92 Å². The molecule has 0 radical (unpaired) electrons. The van der Waals surface area contributed by atoms with E-state index in [0.29, 0.717) is 30.8 Å². The Bertz CT molecular complexity index is 608. The van der Waals surface area contributed by atoms with Gasteiger partial charge in [-0.05, 0) is 25.0 Å². The Kier molecular flexibility index (Phi) is 4.79. The number of nitrogens with zero attached hydrogens (tertiary/aromatic N) is 2. The number of hydrogen-bond acceptors (Lipinski definition) is 6. The van der Waals surface area contributed by atoms with Crippen molar-refractivity contribution in [1.82, 2.24) is 9.88 Å². The third kappa shape index (κ3) is 3.92. The fourth-order valence-corrected chi connectivity index (χ4v) is 3.56. The Morgan fingerprint density at radius 2 is 2.14 bits per heavy atom. The normalized spacial score (nSPS) is 18.1. The Balaban J connectivity index is 2.23. The van der Waals surface area contributed by atoms with E-state index in [1.54, 1.807) is 17.0 Å². The number of amides is 1. The van der Waals surface area contributed by atoms with Crippen LogP contribution in [0.2, 0.25) is 0 Å². The van der Waals surface area contributed by atoms with Crippen LogP contribution in [0, 0.1) is 0 Å². The lowest BCUT2D eigenvalue weighted by atomic mass is 10.1. The summed E-state index contributed by atoms with van der Waals surface area (Å²) < 4.78 is 23.2. The van der Waals surface area contributed by atoms with Crippen LogP contribution >= 0.6 is 0 Å². The molecule has 0 atom stereocenters. The third-order valence-electron chi connectivity index (χ3n) is 3.48. The molecule has 0 spiro atoms. The van der Waals surface area contributed by atoms with E-state index in [2.05, 4.69) is 10.4 Å². The lowest BCUT2D eigenvalue weighted by molar-refractivity contribution is 0.0768. The van der Waals surface area contributed by atoms with Gasteiger partial charge in [0, 0.05) is 24.3 Å². The number of hydrogen-bond donors (Lipinski definition) is 2. The number of anilines is 1. The average molecular weight is 312 g/mol. The monoisotopic (exact) mass is 312 g/mol. The second kappa shape index (κ2) is 6.40. The topological polar surface area (TPSA) is 105 Å². The van der Waals surface area contributed by atoms with Crippen molar-refractivity contribution in [3.05, 3.63) is 23.4 Å². The van der Waals surface area contributed by atoms with Crippen molar-refractivity contribution in [2.75, 3.05) is 30.0 Å². The van der Waals surface area contributed by atoms with Crippen LogP contribution in [-0.4, -0.2) is 48.8 Å². The number of pyridine rings is 1. The highest BCUT2D eigenvalue weighted by molar-refractivity contribution is 7.91. The van der Waals surface area contributed by atoms with Gasteiger partial charge < -0.3 is 10.3 Å². The number of aromatic nitrogens is 1. The van der Waals surface area contributed by atoms with Crippen LogP contribution in [0.25, 0.3) is 0 Å². The smallest absolute Gasteiger partial charge is 0.254 e. The van der Waals surface area contributed by atoms with Crippen LogP contribution in [0.5, 0.6) is 0 Å². The molecular formula is C13H20N4O3S. The molecule has 0 saturated carbocycles. The zero-order valence-electron chi connectivity index (χ0n) is 12.0. The predicted molar refractivity (Wildman–Crippen MR) is 80.6 cm³/mol. The molecule has 1 aliphatic rings. The van der Waals surface area contributed by atoms with Crippen molar-refractivity contribution < 1.29 is 13.2 Å². The van der Waals surface area contributed by atoms with E-state index in [1.165, 1.54) is 0 Å². The Hall–Kier alpha value is -1.67. The van der Waals surface area contributed by atoms with Crippen LogP contribution < -0.4 is 11.3 Å². The lowest BCUT2D eigenvalue weighted by Crippen LogP contribution is -2.33. The SMILES string of the molecule is CCc1cc(C(=O)N2CCCS(=O)(=O)CC2)cc(NN)n1. The fourth-order valence-electron chi connectivity index (χ4n) is 2.29. The number of carbonyl (C=O) groups excluding carboxylic acids is 1. The standard InChI is InChI=1S/C13H20N4O3S/c1-2-11-8-10(9-12(15-11)16-14)13(18)17-4-3-6-21(19,20)7-5-17/h8-9H,2-7,14H2,1H3,(H,15,16). The van der Waals surface area contributed by atoms with Crippen LogP contribution in [0.4, 0.5) is 5.82 Å². The summed E-state index contributed by atoms with van der Waals surface area (Å²) in [5.74, 6) is 5.78. The maximum absolute atomic E-state index is 12.5. The number of aryl methyl sites for hydroxylation is 1. The van der Waals surface area contributed by atoms with Gasteiger partial charge in [-0.15, -0.1) is 0 Å². The summed E-state index contributed by atoms with van der Waals surface area (Å²) in [6.45, 7) is 2.62. The van der Waals surface area contributed by atoms with Crippen molar-refractivity contribution in [2.24, 2.45) is 5.84 Å². The van der Waals surface area contributed by atoms with Crippen molar-refractivity contribution in [3.63, 3.8) is 0 Å². The highest BCUT2D eigenvalue weighted by Crippen LogP contribution is 2.15. The number of nitrogens with one attached hydrogen (secondary N) is 1. The molecule has 7 nitrogen and oxygen atoms in total. The van der Waals surface area contributed by atoms with Crippen molar-refractivity contribution in [1.29, 1.82) is 0 Å². The number of nitrogen functional groups attached to an aromatic ring is 1. The van der Waals surface area contributed by atoms with Crippen LogP contribution in [0.3, 0.4) is 0 Å². The van der Waals surface area contributed by atoms with E-state index < -0.39 is 9.84 Å². The van der Waals surface area contributed by atoms with Crippen molar-refractivity contribution in [3.8, 4) is 0 Å². The zero-order chi connectivity index (χ0) is 15.5. The minimum atomic E-state index is -3.03. The minimum absolute atomic E-state index is 0.0203. The molecule has 0 aliphatic carbocycles. The quantitative estimate of drug-likeness (QED) is 0.610. The van der Waals surface area contributed by atoms with E-state index in [9.17, 15) is 13.2 Å². The molecule has 2 rings (SSSR count). The van der Waals surface area contributed by atoms with Crippen molar-refractivity contribution in [2.45, 2.75) is 19.8 Å². The maximum Gasteiger partial charge on any atom is 0.254 e. The molecule has 1 aliphatic heterocycles. The number of hydrazine groups is 1.